The van der Waals surface area contributed by atoms with Crippen molar-refractivity contribution in [2.75, 3.05) is 6.54 Å². The van der Waals surface area contributed by atoms with Crippen molar-refractivity contribution >= 4 is 12.0 Å². The van der Waals surface area contributed by atoms with Crippen LogP contribution in [-0.2, 0) is 4.79 Å². The summed E-state index contributed by atoms with van der Waals surface area (Å²) >= 11 is 0. The zero-order chi connectivity index (χ0) is 14.4. The van der Waals surface area contributed by atoms with Gasteiger partial charge in [-0.15, -0.1) is 0 Å². The largest absolute Gasteiger partial charge is 0.480 e. The fourth-order valence-electron chi connectivity index (χ4n) is 2.15. The van der Waals surface area contributed by atoms with E-state index in [9.17, 15) is 9.59 Å². The third-order valence-corrected chi connectivity index (χ3v) is 3.53. The molecule has 5 heteroatoms. The number of hydrogen-bond acceptors (Lipinski definition) is 2. The Hall–Kier alpha value is -1.26. The molecule has 1 aliphatic carbocycles. The number of urea groups is 1. The summed E-state index contributed by atoms with van der Waals surface area (Å²) < 4.78 is 0. The highest BCUT2D eigenvalue weighted by atomic mass is 16.4. The van der Waals surface area contributed by atoms with Crippen molar-refractivity contribution in [3.63, 3.8) is 0 Å². The number of hydrogen-bond donors (Lipinski definition) is 2. The van der Waals surface area contributed by atoms with Crippen LogP contribution in [0.4, 0.5) is 4.79 Å². The first-order chi connectivity index (χ1) is 8.97. The summed E-state index contributed by atoms with van der Waals surface area (Å²) in [5.41, 5.74) is 0. The van der Waals surface area contributed by atoms with Crippen molar-refractivity contribution in [3.8, 4) is 0 Å². The molecule has 0 spiro atoms. The molecular formula is C14H26N2O3. The Morgan fingerprint density at radius 3 is 2.37 bits per heavy atom. The van der Waals surface area contributed by atoms with Crippen molar-refractivity contribution in [2.45, 2.75) is 65.0 Å². The molecule has 19 heavy (non-hydrogen) atoms. The molecule has 2 amide bonds. The van der Waals surface area contributed by atoms with E-state index in [4.69, 9.17) is 5.11 Å². The van der Waals surface area contributed by atoms with E-state index in [1.165, 1.54) is 0 Å². The van der Waals surface area contributed by atoms with Crippen molar-refractivity contribution in [1.82, 2.24) is 10.2 Å². The highest BCUT2D eigenvalue weighted by Crippen LogP contribution is 2.32. The molecule has 0 aliphatic heterocycles. The Balaban J connectivity index is 2.52. The van der Waals surface area contributed by atoms with Crippen molar-refractivity contribution in [2.24, 2.45) is 5.92 Å². The quantitative estimate of drug-likeness (QED) is 0.666. The maximum Gasteiger partial charge on any atom is 0.326 e. The lowest BCUT2D eigenvalue weighted by Crippen LogP contribution is -2.51. The molecule has 0 radical (unpaired) electrons. The third-order valence-electron chi connectivity index (χ3n) is 3.53. The number of aliphatic carboxylic acids is 1. The first kappa shape index (κ1) is 15.8. The summed E-state index contributed by atoms with van der Waals surface area (Å²) in [5.74, 6) is -0.806. The number of carboxylic acids is 1. The van der Waals surface area contributed by atoms with E-state index in [1.54, 1.807) is 4.90 Å². The van der Waals surface area contributed by atoms with Gasteiger partial charge in [-0.1, -0.05) is 19.8 Å². The monoisotopic (exact) mass is 270 g/mol. The van der Waals surface area contributed by atoms with Gasteiger partial charge >= 0.3 is 12.0 Å². The molecule has 1 saturated carbocycles. The second-order valence-electron chi connectivity index (χ2n) is 5.60. The average Bonchev–Trinajstić information content (AvgIpc) is 3.14. The van der Waals surface area contributed by atoms with Crippen LogP contribution < -0.4 is 5.32 Å². The predicted octanol–water partition coefficient (Wildman–Crippen LogP) is 2.46. The van der Waals surface area contributed by atoms with Gasteiger partial charge in [-0.3, -0.25) is 0 Å². The number of rotatable bonds is 8. The fourth-order valence-corrected chi connectivity index (χ4v) is 2.15. The second kappa shape index (κ2) is 7.36. The van der Waals surface area contributed by atoms with Gasteiger partial charge < -0.3 is 15.3 Å². The fraction of sp³-hybridized carbons (Fsp3) is 0.857. The van der Waals surface area contributed by atoms with Crippen molar-refractivity contribution < 1.29 is 14.7 Å². The van der Waals surface area contributed by atoms with Gasteiger partial charge in [-0.05, 0) is 39.0 Å². The van der Waals surface area contributed by atoms with E-state index in [2.05, 4.69) is 12.2 Å². The molecule has 0 aromatic rings. The van der Waals surface area contributed by atoms with Gasteiger partial charge in [-0.25, -0.2) is 9.59 Å². The van der Waals surface area contributed by atoms with Crippen LogP contribution in [-0.4, -0.2) is 40.6 Å². The maximum absolute atomic E-state index is 12.2. The normalized spacial score (nSPS) is 16.2. The molecule has 110 valence electrons. The minimum atomic E-state index is -0.923. The summed E-state index contributed by atoms with van der Waals surface area (Å²) in [4.78, 5) is 25.0. The zero-order valence-electron chi connectivity index (χ0n) is 12.2. The highest BCUT2D eigenvalue weighted by molar-refractivity contribution is 5.83. The number of amides is 2. The van der Waals surface area contributed by atoms with E-state index < -0.39 is 12.0 Å². The van der Waals surface area contributed by atoms with E-state index in [0.717, 1.165) is 32.1 Å². The third kappa shape index (κ3) is 5.09. The first-order valence-corrected chi connectivity index (χ1v) is 7.27. The van der Waals surface area contributed by atoms with Crippen molar-refractivity contribution in [3.05, 3.63) is 0 Å². The summed E-state index contributed by atoms with van der Waals surface area (Å²) in [6.45, 7) is 6.72. The number of unbranched alkanes of at least 4 members (excludes halogenated alkanes) is 2. The Morgan fingerprint density at radius 2 is 1.95 bits per heavy atom. The lowest BCUT2D eigenvalue weighted by atomic mass is 10.2. The van der Waals surface area contributed by atoms with E-state index >= 15 is 0 Å². The van der Waals surface area contributed by atoms with E-state index in [1.807, 2.05) is 13.8 Å². The van der Waals surface area contributed by atoms with Gasteiger partial charge in [0.25, 0.3) is 0 Å². The van der Waals surface area contributed by atoms with Crippen LogP contribution in [0.15, 0.2) is 0 Å². The lowest BCUT2D eigenvalue weighted by molar-refractivity contribution is -0.139. The summed E-state index contributed by atoms with van der Waals surface area (Å²) in [6, 6.07) is -0.879. The average molecular weight is 270 g/mol. The number of carbonyl (C=O) groups excluding carboxylic acids is 1. The van der Waals surface area contributed by atoms with Crippen LogP contribution in [0.2, 0.25) is 0 Å². The summed E-state index contributed by atoms with van der Waals surface area (Å²) in [5, 5.41) is 11.8. The molecular weight excluding hydrogens is 244 g/mol. The number of nitrogens with zero attached hydrogens (tertiary/aromatic N) is 1. The van der Waals surface area contributed by atoms with Gasteiger partial charge in [0.05, 0.1) is 0 Å². The number of nitrogens with one attached hydrogen (secondary N) is 1. The number of carbonyl (C=O) groups is 2. The van der Waals surface area contributed by atoms with Gasteiger partial charge in [0, 0.05) is 12.6 Å². The molecule has 2 N–H and O–H groups in total. The molecule has 0 aromatic heterocycles. The molecule has 1 rings (SSSR count). The van der Waals surface area contributed by atoms with Crippen LogP contribution in [0, 0.1) is 5.92 Å². The van der Waals surface area contributed by atoms with Crippen LogP contribution in [0.5, 0.6) is 0 Å². The van der Waals surface area contributed by atoms with Crippen LogP contribution in [0.25, 0.3) is 0 Å². The van der Waals surface area contributed by atoms with Gasteiger partial charge in [0.2, 0.25) is 0 Å². The van der Waals surface area contributed by atoms with Crippen LogP contribution in [0.1, 0.15) is 52.9 Å². The molecule has 0 bridgehead atoms. The predicted molar refractivity (Wildman–Crippen MR) is 74.0 cm³/mol. The molecule has 1 fully saturated rings. The lowest BCUT2D eigenvalue weighted by Gasteiger charge is -2.28. The van der Waals surface area contributed by atoms with E-state index in [0.29, 0.717) is 6.54 Å². The Kier molecular flexibility index (Phi) is 6.12. The first-order valence-electron chi connectivity index (χ1n) is 7.27. The van der Waals surface area contributed by atoms with E-state index in [-0.39, 0.29) is 18.0 Å². The standard InChI is InChI=1S/C14H26N2O3/c1-4-5-6-9-16(10(2)3)14(19)15-12(13(17)18)11-7-8-11/h10-12H,4-9H2,1-3H3,(H,15,19)(H,17,18). The molecule has 0 aromatic carbocycles. The number of carboxylic acid groups (broad SMARTS) is 1. The van der Waals surface area contributed by atoms with Gasteiger partial charge in [-0.2, -0.15) is 0 Å². The minimum absolute atomic E-state index is 0.0884. The second-order valence-corrected chi connectivity index (χ2v) is 5.60. The molecule has 1 unspecified atom stereocenters. The zero-order valence-corrected chi connectivity index (χ0v) is 12.2. The van der Waals surface area contributed by atoms with Gasteiger partial charge in [0.15, 0.2) is 0 Å². The molecule has 1 aliphatic rings. The smallest absolute Gasteiger partial charge is 0.326 e. The SMILES string of the molecule is CCCCCN(C(=O)NC(C(=O)O)C1CC1)C(C)C. The Bertz CT molecular complexity index is 314. The minimum Gasteiger partial charge on any atom is -0.480 e. The van der Waals surface area contributed by atoms with Crippen molar-refractivity contribution in [1.29, 1.82) is 0 Å². The Labute approximate surface area is 115 Å². The molecule has 0 saturated heterocycles. The molecule has 5 nitrogen and oxygen atoms in total. The maximum atomic E-state index is 12.2. The molecule has 0 heterocycles. The summed E-state index contributed by atoms with van der Waals surface area (Å²) in [6.07, 6.45) is 4.95. The Morgan fingerprint density at radius 1 is 1.32 bits per heavy atom. The topological polar surface area (TPSA) is 69.6 Å². The van der Waals surface area contributed by atoms with Crippen LogP contribution in [0.3, 0.4) is 0 Å². The molecule has 1 atom stereocenters. The summed E-state index contributed by atoms with van der Waals surface area (Å²) in [7, 11) is 0. The highest BCUT2D eigenvalue weighted by Gasteiger charge is 2.38. The van der Waals surface area contributed by atoms with Crippen LogP contribution >= 0.6 is 0 Å². The van der Waals surface area contributed by atoms with Gasteiger partial charge in [0.1, 0.15) is 6.04 Å².